The highest BCUT2D eigenvalue weighted by molar-refractivity contribution is 7.89. The number of carbonyl (C=O) groups is 2. The first-order chi connectivity index (χ1) is 20.2. The van der Waals surface area contributed by atoms with Crippen LogP contribution in [0.4, 0.5) is 13.6 Å². The van der Waals surface area contributed by atoms with Gasteiger partial charge in [-0.1, -0.05) is 12.1 Å². The number of halogens is 2. The van der Waals surface area contributed by atoms with E-state index in [1.165, 1.54) is 47.5 Å². The number of fused-ring (bicyclic) bond motifs is 1. The Labute approximate surface area is 249 Å². The van der Waals surface area contributed by atoms with E-state index in [2.05, 4.69) is 0 Å². The average molecular weight is 623 g/mol. The van der Waals surface area contributed by atoms with Crippen molar-refractivity contribution in [2.45, 2.75) is 69.6 Å². The van der Waals surface area contributed by atoms with Crippen LogP contribution in [0.25, 0.3) is 10.9 Å². The number of sulfonamides is 1. The first-order valence-electron chi connectivity index (χ1n) is 13.7. The monoisotopic (exact) mass is 622 g/mol. The van der Waals surface area contributed by atoms with E-state index in [1.54, 1.807) is 45.9 Å². The molecule has 0 spiro atoms. The van der Waals surface area contributed by atoms with Crippen molar-refractivity contribution in [1.29, 1.82) is 0 Å². The molecule has 4 rings (SSSR count). The summed E-state index contributed by atoms with van der Waals surface area (Å²) in [6.07, 6.45) is -2.23. The number of rotatable bonds is 8. The molecule has 0 radical (unpaired) electrons. The van der Waals surface area contributed by atoms with Crippen molar-refractivity contribution in [3.63, 3.8) is 0 Å². The molecule has 234 valence electrons. The molecule has 3 aromatic rings. The van der Waals surface area contributed by atoms with Crippen LogP contribution in [0.3, 0.4) is 0 Å². The normalized spacial score (nSPS) is 18.2. The first-order valence-corrected chi connectivity index (χ1v) is 15.1. The molecule has 1 saturated heterocycles. The molecule has 0 amide bonds. The molecule has 2 aromatic carbocycles. The summed E-state index contributed by atoms with van der Waals surface area (Å²) in [6, 6.07) is 8.51. The Morgan fingerprint density at radius 3 is 2.35 bits per heavy atom. The van der Waals surface area contributed by atoms with Gasteiger partial charge < -0.3 is 18.9 Å². The van der Waals surface area contributed by atoms with Gasteiger partial charge in [-0.2, -0.15) is 4.31 Å². The molecular formula is C30H36F2N2O8S. The molecule has 2 atom stereocenters. The maximum absolute atomic E-state index is 14.6. The van der Waals surface area contributed by atoms with Gasteiger partial charge in [-0.05, 0) is 75.9 Å². The smallest absolute Gasteiger partial charge is 0.419 e. The number of alkyl halides is 2. The zero-order chi connectivity index (χ0) is 31.7. The Hall–Kier alpha value is -3.55. The van der Waals surface area contributed by atoms with Crippen LogP contribution in [0, 0.1) is 6.92 Å². The summed E-state index contributed by atoms with van der Waals surface area (Å²) >= 11 is 0. The van der Waals surface area contributed by atoms with Crippen LogP contribution in [0.15, 0.2) is 47.5 Å². The van der Waals surface area contributed by atoms with E-state index in [0.717, 1.165) is 0 Å². The average Bonchev–Trinajstić information content (AvgIpc) is 3.40. The number of carbonyl (C=O) groups excluding carboxylic acids is 2. The number of nitrogens with zero attached hydrogens (tertiary/aromatic N) is 2. The summed E-state index contributed by atoms with van der Waals surface area (Å²) in [7, 11) is -1.72. The first kappa shape index (κ1) is 32.4. The summed E-state index contributed by atoms with van der Waals surface area (Å²) in [5.74, 6) is -0.470. The van der Waals surface area contributed by atoms with Gasteiger partial charge in [0.25, 0.3) is 6.43 Å². The van der Waals surface area contributed by atoms with Gasteiger partial charge in [0.1, 0.15) is 22.9 Å². The highest BCUT2D eigenvalue weighted by atomic mass is 32.2. The minimum absolute atomic E-state index is 0.0367. The van der Waals surface area contributed by atoms with Crippen molar-refractivity contribution in [3.05, 3.63) is 59.3 Å². The lowest BCUT2D eigenvalue weighted by molar-refractivity contribution is -0.0486. The van der Waals surface area contributed by atoms with E-state index in [9.17, 15) is 26.8 Å². The highest BCUT2D eigenvalue weighted by Crippen LogP contribution is 2.42. The highest BCUT2D eigenvalue weighted by Gasteiger charge is 2.41. The lowest BCUT2D eigenvalue weighted by atomic mass is 9.94. The fourth-order valence-corrected chi connectivity index (χ4v) is 7.26. The third kappa shape index (κ3) is 6.84. The molecule has 0 N–H and O–H groups in total. The summed E-state index contributed by atoms with van der Waals surface area (Å²) in [6.45, 7) is 6.12. The molecule has 13 heteroatoms. The number of esters is 1. The number of aromatic nitrogens is 1. The van der Waals surface area contributed by atoms with Crippen LogP contribution in [-0.2, 0) is 24.2 Å². The lowest BCUT2D eigenvalue weighted by Gasteiger charge is -2.39. The Morgan fingerprint density at radius 2 is 1.77 bits per heavy atom. The Balaban J connectivity index is 1.83. The summed E-state index contributed by atoms with van der Waals surface area (Å²) < 4.78 is 78.8. The quantitative estimate of drug-likeness (QED) is 0.294. The number of benzene rings is 2. The number of hydrogen-bond acceptors (Lipinski definition) is 8. The molecule has 1 aliphatic heterocycles. The predicted molar refractivity (Wildman–Crippen MR) is 154 cm³/mol. The Kier molecular flexibility index (Phi) is 9.48. The molecular weight excluding hydrogens is 586 g/mol. The van der Waals surface area contributed by atoms with Gasteiger partial charge in [0, 0.05) is 18.1 Å². The summed E-state index contributed by atoms with van der Waals surface area (Å²) in [4.78, 5) is 24.9. The predicted octanol–water partition coefficient (Wildman–Crippen LogP) is 5.70. The minimum Gasteiger partial charge on any atom is -0.495 e. The summed E-state index contributed by atoms with van der Waals surface area (Å²) in [5, 5.41) is 0.263. The number of piperidine rings is 1. The Bertz CT molecular complexity index is 1600. The van der Waals surface area contributed by atoms with Crippen LogP contribution in [0.1, 0.15) is 61.1 Å². The molecule has 43 heavy (non-hydrogen) atoms. The van der Waals surface area contributed by atoms with E-state index >= 15 is 0 Å². The molecule has 0 saturated carbocycles. The van der Waals surface area contributed by atoms with Gasteiger partial charge in [-0.15, -0.1) is 0 Å². The van der Waals surface area contributed by atoms with Gasteiger partial charge in [-0.25, -0.2) is 26.8 Å². The molecule has 10 nitrogen and oxygen atoms in total. The second kappa shape index (κ2) is 12.6. The number of methoxy groups -OCH3 is 2. The van der Waals surface area contributed by atoms with Gasteiger partial charge in [0.05, 0.1) is 37.4 Å². The van der Waals surface area contributed by atoms with E-state index in [4.69, 9.17) is 18.9 Å². The second-order valence-electron chi connectivity index (χ2n) is 11.3. The van der Waals surface area contributed by atoms with Crippen LogP contribution >= 0.6 is 0 Å². The summed E-state index contributed by atoms with van der Waals surface area (Å²) in [5.41, 5.74) is 0.970. The third-order valence-corrected chi connectivity index (χ3v) is 9.12. The van der Waals surface area contributed by atoms with Crippen LogP contribution in [-0.4, -0.2) is 74.9 Å². The van der Waals surface area contributed by atoms with Crippen LogP contribution in [0.2, 0.25) is 0 Å². The largest absolute Gasteiger partial charge is 0.495 e. The van der Waals surface area contributed by atoms with Crippen molar-refractivity contribution >= 4 is 33.0 Å². The van der Waals surface area contributed by atoms with Crippen LogP contribution < -0.4 is 4.74 Å². The molecule has 1 aromatic heterocycles. The molecule has 2 heterocycles. The van der Waals surface area contributed by atoms with Crippen molar-refractivity contribution in [2.75, 3.05) is 27.4 Å². The third-order valence-electron chi connectivity index (χ3n) is 7.13. The van der Waals surface area contributed by atoms with Gasteiger partial charge in [-0.3, -0.25) is 4.57 Å². The van der Waals surface area contributed by atoms with Crippen molar-refractivity contribution in [1.82, 2.24) is 8.87 Å². The zero-order valence-electron chi connectivity index (χ0n) is 24.9. The SMILES string of the molecule is COC(=O)c1ccc([C@@H]2C[C@H](OCC(F)F)CCN2S(=O)(=O)c2c(OC)cc(C)c3c2ccn3C(=O)OC(C)(C)C)cc1. The van der Waals surface area contributed by atoms with E-state index < -0.39 is 52.9 Å². The second-order valence-corrected chi connectivity index (χ2v) is 13.1. The van der Waals surface area contributed by atoms with E-state index in [1.807, 2.05) is 0 Å². The topological polar surface area (TPSA) is 113 Å². The van der Waals surface area contributed by atoms with Crippen molar-refractivity contribution < 1.29 is 45.7 Å². The fraction of sp³-hybridized carbons (Fsp3) is 0.467. The van der Waals surface area contributed by atoms with Gasteiger partial charge in [0.2, 0.25) is 10.0 Å². The maximum Gasteiger partial charge on any atom is 0.419 e. The number of hydrogen-bond donors (Lipinski definition) is 0. The number of aryl methyl sites for hydroxylation is 1. The fourth-order valence-electron chi connectivity index (χ4n) is 5.30. The minimum atomic E-state index is -4.33. The van der Waals surface area contributed by atoms with E-state index in [-0.39, 0.29) is 41.0 Å². The van der Waals surface area contributed by atoms with Crippen molar-refractivity contribution in [2.24, 2.45) is 0 Å². The molecule has 0 unspecified atom stereocenters. The lowest BCUT2D eigenvalue weighted by Crippen LogP contribution is -2.43. The molecule has 1 aliphatic rings. The standard InChI is InChI=1S/C30H36F2N2O8S/c1-18-15-24(39-5)27(22-12-13-33(26(18)22)29(36)42-30(2,3)4)43(37,38)34-14-11-21(41-17-25(31)32)16-23(34)19-7-9-20(10-8-19)28(35)40-6/h7-10,12-13,15,21,23,25H,11,14,16-17H2,1-6H3/t21-,23+/m1/s1. The molecule has 0 aliphatic carbocycles. The maximum atomic E-state index is 14.6. The molecule has 1 fully saturated rings. The van der Waals surface area contributed by atoms with E-state index in [0.29, 0.717) is 16.6 Å². The van der Waals surface area contributed by atoms with Gasteiger partial charge >= 0.3 is 12.1 Å². The van der Waals surface area contributed by atoms with Crippen LogP contribution in [0.5, 0.6) is 5.75 Å². The Morgan fingerprint density at radius 1 is 1.09 bits per heavy atom. The van der Waals surface area contributed by atoms with Crippen molar-refractivity contribution in [3.8, 4) is 5.75 Å². The van der Waals surface area contributed by atoms with Gasteiger partial charge in [0.15, 0.2) is 0 Å². The number of ether oxygens (including phenoxy) is 4. The zero-order valence-corrected chi connectivity index (χ0v) is 25.7. The molecule has 0 bridgehead atoms.